The maximum atomic E-state index is 12.9. The number of H-pyrrole nitrogens is 1. The second-order valence-electron chi connectivity index (χ2n) is 7.21. The van der Waals surface area contributed by atoms with Crippen LogP contribution in [0, 0.1) is 0 Å². The Morgan fingerprint density at radius 2 is 2.00 bits per heavy atom. The number of rotatable bonds is 6. The van der Waals surface area contributed by atoms with Crippen molar-refractivity contribution < 1.29 is 4.79 Å². The van der Waals surface area contributed by atoms with E-state index in [1.807, 2.05) is 36.4 Å². The minimum absolute atomic E-state index is 0.0290. The van der Waals surface area contributed by atoms with Crippen LogP contribution in [0.5, 0.6) is 0 Å². The molecule has 0 atom stereocenters. The molecule has 31 heavy (non-hydrogen) atoms. The van der Waals surface area contributed by atoms with Crippen LogP contribution in [0.2, 0.25) is 0 Å². The highest BCUT2D eigenvalue weighted by atomic mass is 32.2. The predicted molar refractivity (Wildman–Crippen MR) is 122 cm³/mol. The SMILES string of the molecule is Nc1c(C(=O)CSc2ncnc3sc(-c4ccccc4)cc23)c(=O)[nH]c(=O)n1C1CC1. The summed E-state index contributed by atoms with van der Waals surface area (Å²) in [5, 5.41) is 1.51. The van der Waals surface area contributed by atoms with Gasteiger partial charge in [0.05, 0.1) is 5.75 Å². The Morgan fingerprint density at radius 3 is 2.74 bits per heavy atom. The Balaban J connectivity index is 1.44. The summed E-state index contributed by atoms with van der Waals surface area (Å²) in [5.74, 6) is -0.529. The Morgan fingerprint density at radius 1 is 1.23 bits per heavy atom. The molecule has 5 rings (SSSR count). The number of thioether (sulfide) groups is 1. The van der Waals surface area contributed by atoms with E-state index in [2.05, 4.69) is 15.0 Å². The van der Waals surface area contributed by atoms with E-state index in [0.29, 0.717) is 5.03 Å². The van der Waals surface area contributed by atoms with Gasteiger partial charge in [-0.1, -0.05) is 42.1 Å². The lowest BCUT2D eigenvalue weighted by Crippen LogP contribution is -2.36. The molecule has 1 aromatic carbocycles. The fraction of sp³-hybridized carbons (Fsp3) is 0.190. The van der Waals surface area contributed by atoms with Crippen LogP contribution in [-0.2, 0) is 0 Å². The standard InChI is InChI=1S/C21H17N5O3S2/c22-17-16(18(28)25-21(29)26(17)12-6-7-12)14(27)9-30-19-13-8-15(11-4-2-1-3-5-11)31-20(13)24-10-23-19/h1-5,8,10,12H,6-7,9,22H2,(H,25,28,29). The van der Waals surface area contributed by atoms with Crippen LogP contribution in [0.15, 0.2) is 57.3 Å². The van der Waals surface area contributed by atoms with Crippen molar-refractivity contribution in [2.75, 3.05) is 11.5 Å². The number of Topliss-reactive ketones (excluding diaryl/α,β-unsaturated/α-hetero) is 1. The Kier molecular flexibility index (Phi) is 4.95. The number of benzene rings is 1. The highest BCUT2D eigenvalue weighted by Crippen LogP contribution is 2.37. The summed E-state index contributed by atoms with van der Waals surface area (Å²) in [6.07, 6.45) is 3.08. The molecule has 3 heterocycles. The Hall–Kier alpha value is -3.24. The molecule has 1 aliphatic carbocycles. The first-order valence-electron chi connectivity index (χ1n) is 9.63. The van der Waals surface area contributed by atoms with E-state index >= 15 is 0 Å². The fourth-order valence-corrected chi connectivity index (χ4v) is 5.34. The molecule has 1 saturated carbocycles. The number of nitrogen functional groups attached to an aromatic ring is 1. The molecular formula is C21H17N5O3S2. The smallest absolute Gasteiger partial charge is 0.330 e. The number of carbonyl (C=O) groups is 1. The minimum atomic E-state index is -0.750. The third-order valence-electron chi connectivity index (χ3n) is 5.06. The van der Waals surface area contributed by atoms with E-state index < -0.39 is 17.0 Å². The number of anilines is 1. The number of thiophene rings is 1. The average Bonchev–Trinajstić information content (AvgIpc) is 3.48. The van der Waals surface area contributed by atoms with Crippen LogP contribution in [0.1, 0.15) is 29.2 Å². The second kappa shape index (κ2) is 7.78. The predicted octanol–water partition coefficient (Wildman–Crippen LogP) is 3.10. The first kappa shape index (κ1) is 19.7. The molecule has 0 saturated heterocycles. The molecule has 0 unspecified atom stereocenters. The zero-order valence-electron chi connectivity index (χ0n) is 16.2. The molecule has 0 bridgehead atoms. The minimum Gasteiger partial charge on any atom is -0.384 e. The van der Waals surface area contributed by atoms with Crippen molar-refractivity contribution in [2.24, 2.45) is 0 Å². The number of ketones is 1. The van der Waals surface area contributed by atoms with E-state index in [9.17, 15) is 14.4 Å². The van der Waals surface area contributed by atoms with Crippen molar-refractivity contribution in [2.45, 2.75) is 23.9 Å². The number of nitrogens with one attached hydrogen (secondary N) is 1. The van der Waals surface area contributed by atoms with Crippen molar-refractivity contribution in [3.05, 3.63) is 69.1 Å². The van der Waals surface area contributed by atoms with Gasteiger partial charge >= 0.3 is 5.69 Å². The molecule has 0 amide bonds. The van der Waals surface area contributed by atoms with Gasteiger partial charge < -0.3 is 5.73 Å². The number of fused-ring (bicyclic) bond motifs is 1. The summed E-state index contributed by atoms with van der Waals surface area (Å²) >= 11 is 2.77. The van der Waals surface area contributed by atoms with Crippen LogP contribution < -0.4 is 17.0 Å². The van der Waals surface area contributed by atoms with Gasteiger partial charge in [0.25, 0.3) is 5.56 Å². The maximum absolute atomic E-state index is 12.9. The van der Waals surface area contributed by atoms with Crippen LogP contribution >= 0.6 is 23.1 Å². The lowest BCUT2D eigenvalue weighted by atomic mass is 10.2. The molecule has 0 aliphatic heterocycles. The molecule has 0 radical (unpaired) electrons. The maximum Gasteiger partial charge on any atom is 0.330 e. The lowest BCUT2D eigenvalue weighted by molar-refractivity contribution is 0.102. The van der Waals surface area contributed by atoms with Crippen molar-refractivity contribution in [1.29, 1.82) is 0 Å². The quantitative estimate of drug-likeness (QED) is 0.262. The summed E-state index contributed by atoms with van der Waals surface area (Å²) in [5.41, 5.74) is 5.64. The van der Waals surface area contributed by atoms with Gasteiger partial charge in [-0.2, -0.15) is 0 Å². The van der Waals surface area contributed by atoms with E-state index in [0.717, 1.165) is 33.5 Å². The van der Waals surface area contributed by atoms with Crippen molar-refractivity contribution >= 4 is 44.9 Å². The van der Waals surface area contributed by atoms with Crippen LogP contribution in [0.4, 0.5) is 5.82 Å². The molecule has 156 valence electrons. The van der Waals surface area contributed by atoms with E-state index in [-0.39, 0.29) is 23.2 Å². The van der Waals surface area contributed by atoms with Gasteiger partial charge in [-0.25, -0.2) is 14.8 Å². The Bertz CT molecular complexity index is 1420. The van der Waals surface area contributed by atoms with Gasteiger partial charge in [0.15, 0.2) is 5.78 Å². The van der Waals surface area contributed by atoms with Crippen molar-refractivity contribution in [3.8, 4) is 10.4 Å². The fourth-order valence-electron chi connectivity index (χ4n) is 3.43. The third-order valence-corrected chi connectivity index (χ3v) is 7.16. The zero-order valence-corrected chi connectivity index (χ0v) is 17.8. The monoisotopic (exact) mass is 451 g/mol. The van der Waals surface area contributed by atoms with Crippen molar-refractivity contribution in [1.82, 2.24) is 19.5 Å². The number of aromatic amines is 1. The summed E-state index contributed by atoms with van der Waals surface area (Å²) in [4.78, 5) is 50.0. The van der Waals surface area contributed by atoms with E-state index in [1.54, 1.807) is 11.3 Å². The second-order valence-corrected chi connectivity index (χ2v) is 9.20. The first-order valence-corrected chi connectivity index (χ1v) is 11.4. The van der Waals surface area contributed by atoms with Gasteiger partial charge in [0, 0.05) is 16.3 Å². The van der Waals surface area contributed by atoms with Gasteiger partial charge in [0.2, 0.25) is 0 Å². The molecule has 4 aromatic rings. The number of hydrogen-bond acceptors (Lipinski definition) is 8. The number of aromatic nitrogens is 4. The zero-order chi connectivity index (χ0) is 21.5. The molecule has 8 nitrogen and oxygen atoms in total. The van der Waals surface area contributed by atoms with Gasteiger partial charge in [-0.3, -0.25) is 19.1 Å². The normalized spacial score (nSPS) is 13.5. The van der Waals surface area contributed by atoms with Crippen LogP contribution in [0.3, 0.4) is 0 Å². The molecule has 1 fully saturated rings. The number of carbonyl (C=O) groups excluding carboxylic acids is 1. The van der Waals surface area contributed by atoms with Gasteiger partial charge in [-0.15, -0.1) is 11.3 Å². The first-order chi connectivity index (χ1) is 15.0. The van der Waals surface area contributed by atoms with Crippen molar-refractivity contribution in [3.63, 3.8) is 0 Å². The largest absolute Gasteiger partial charge is 0.384 e. The van der Waals surface area contributed by atoms with E-state index in [1.165, 1.54) is 22.7 Å². The molecule has 3 N–H and O–H groups in total. The molecular weight excluding hydrogens is 434 g/mol. The third kappa shape index (κ3) is 3.68. The highest BCUT2D eigenvalue weighted by molar-refractivity contribution is 8.00. The van der Waals surface area contributed by atoms with Gasteiger partial charge in [0.1, 0.15) is 27.6 Å². The Labute approximate surface area is 184 Å². The van der Waals surface area contributed by atoms with Crippen LogP contribution in [-0.4, -0.2) is 31.1 Å². The summed E-state index contributed by atoms with van der Waals surface area (Å²) in [6, 6.07) is 11.9. The summed E-state index contributed by atoms with van der Waals surface area (Å²) < 4.78 is 1.31. The molecule has 1 aliphatic rings. The number of nitrogens with two attached hydrogens (primary N) is 1. The van der Waals surface area contributed by atoms with Gasteiger partial charge in [-0.05, 0) is 24.5 Å². The molecule has 10 heteroatoms. The molecule has 3 aromatic heterocycles. The summed E-state index contributed by atoms with van der Waals surface area (Å²) in [6.45, 7) is 0. The average molecular weight is 452 g/mol. The number of nitrogens with zero attached hydrogens (tertiary/aromatic N) is 3. The summed E-state index contributed by atoms with van der Waals surface area (Å²) in [7, 11) is 0. The number of hydrogen-bond donors (Lipinski definition) is 2. The molecule has 0 spiro atoms. The topological polar surface area (TPSA) is 124 Å². The lowest BCUT2D eigenvalue weighted by Gasteiger charge is -2.10. The van der Waals surface area contributed by atoms with Crippen LogP contribution in [0.25, 0.3) is 20.7 Å². The van der Waals surface area contributed by atoms with E-state index in [4.69, 9.17) is 5.73 Å². The highest BCUT2D eigenvalue weighted by Gasteiger charge is 2.30.